The first-order valence-corrected chi connectivity index (χ1v) is 5.24. The van der Waals surface area contributed by atoms with E-state index in [9.17, 15) is 0 Å². The standard InChI is InChI=1S/C12H18N2/c1-8-5-4-6-11-10(8)7-12(14-11)9(2)13-3/h4-6,9,12-14H,7H2,1-3H3. The molecule has 0 bridgehead atoms. The van der Waals surface area contributed by atoms with Crippen LogP contribution in [0.1, 0.15) is 18.1 Å². The van der Waals surface area contributed by atoms with Crippen molar-refractivity contribution in [1.82, 2.24) is 5.32 Å². The van der Waals surface area contributed by atoms with Crippen molar-refractivity contribution < 1.29 is 0 Å². The molecule has 0 radical (unpaired) electrons. The van der Waals surface area contributed by atoms with E-state index in [4.69, 9.17) is 0 Å². The van der Waals surface area contributed by atoms with Gasteiger partial charge >= 0.3 is 0 Å². The largest absolute Gasteiger partial charge is 0.380 e. The highest BCUT2D eigenvalue weighted by atomic mass is 15.0. The smallest absolute Gasteiger partial charge is 0.0453 e. The van der Waals surface area contributed by atoms with E-state index < -0.39 is 0 Å². The molecule has 1 aromatic carbocycles. The Morgan fingerprint density at radius 2 is 2.29 bits per heavy atom. The van der Waals surface area contributed by atoms with Gasteiger partial charge in [0.05, 0.1) is 0 Å². The Kier molecular flexibility index (Phi) is 2.46. The van der Waals surface area contributed by atoms with Crippen LogP contribution in [0.25, 0.3) is 0 Å². The summed E-state index contributed by atoms with van der Waals surface area (Å²) in [6.07, 6.45) is 1.14. The SMILES string of the molecule is CNC(C)C1Cc2c(C)cccc2N1. The molecule has 2 unspecified atom stereocenters. The lowest BCUT2D eigenvalue weighted by atomic mass is 10.0. The summed E-state index contributed by atoms with van der Waals surface area (Å²) in [4.78, 5) is 0. The number of hydrogen-bond donors (Lipinski definition) is 2. The highest BCUT2D eigenvalue weighted by molar-refractivity contribution is 5.59. The van der Waals surface area contributed by atoms with Crippen molar-refractivity contribution in [3.63, 3.8) is 0 Å². The van der Waals surface area contributed by atoms with Gasteiger partial charge in [-0.25, -0.2) is 0 Å². The van der Waals surface area contributed by atoms with Crippen LogP contribution in [0.3, 0.4) is 0 Å². The molecular weight excluding hydrogens is 172 g/mol. The van der Waals surface area contributed by atoms with Crippen LogP contribution in [0, 0.1) is 6.92 Å². The van der Waals surface area contributed by atoms with Gasteiger partial charge in [0.2, 0.25) is 0 Å². The molecule has 1 aromatic rings. The number of hydrogen-bond acceptors (Lipinski definition) is 2. The molecule has 0 saturated heterocycles. The zero-order valence-corrected chi connectivity index (χ0v) is 9.09. The Hall–Kier alpha value is -1.02. The third-order valence-electron chi connectivity index (χ3n) is 3.23. The Balaban J connectivity index is 2.22. The molecule has 14 heavy (non-hydrogen) atoms. The number of fused-ring (bicyclic) bond motifs is 1. The Morgan fingerprint density at radius 3 is 2.93 bits per heavy atom. The predicted molar refractivity (Wildman–Crippen MR) is 60.8 cm³/mol. The molecule has 1 heterocycles. The molecule has 0 spiro atoms. The van der Waals surface area contributed by atoms with E-state index in [2.05, 4.69) is 42.7 Å². The van der Waals surface area contributed by atoms with Gasteiger partial charge in [-0.3, -0.25) is 0 Å². The highest BCUT2D eigenvalue weighted by Gasteiger charge is 2.25. The zero-order chi connectivity index (χ0) is 10.1. The second kappa shape index (κ2) is 3.62. The average Bonchev–Trinajstić information content (AvgIpc) is 2.62. The summed E-state index contributed by atoms with van der Waals surface area (Å²) in [5.41, 5.74) is 4.21. The number of nitrogens with one attached hydrogen (secondary N) is 2. The van der Waals surface area contributed by atoms with Gasteiger partial charge in [-0.2, -0.15) is 0 Å². The van der Waals surface area contributed by atoms with Crippen LogP contribution in [0.15, 0.2) is 18.2 Å². The van der Waals surface area contributed by atoms with Crippen molar-refractivity contribution in [2.45, 2.75) is 32.4 Å². The lowest BCUT2D eigenvalue weighted by Gasteiger charge is -2.18. The normalized spacial score (nSPS) is 21.5. The van der Waals surface area contributed by atoms with E-state index >= 15 is 0 Å². The number of anilines is 1. The molecule has 2 N–H and O–H groups in total. The summed E-state index contributed by atoms with van der Waals surface area (Å²) >= 11 is 0. The van der Waals surface area contributed by atoms with Crippen molar-refractivity contribution in [2.24, 2.45) is 0 Å². The van der Waals surface area contributed by atoms with Crippen molar-refractivity contribution in [1.29, 1.82) is 0 Å². The Morgan fingerprint density at radius 1 is 1.50 bits per heavy atom. The van der Waals surface area contributed by atoms with Crippen molar-refractivity contribution in [2.75, 3.05) is 12.4 Å². The third-order valence-corrected chi connectivity index (χ3v) is 3.23. The Labute approximate surface area is 85.7 Å². The van der Waals surface area contributed by atoms with Gasteiger partial charge in [0.1, 0.15) is 0 Å². The molecule has 1 aliphatic heterocycles. The summed E-state index contributed by atoms with van der Waals surface area (Å²) in [7, 11) is 2.02. The second-order valence-corrected chi connectivity index (χ2v) is 4.13. The summed E-state index contributed by atoms with van der Waals surface area (Å²) < 4.78 is 0. The van der Waals surface area contributed by atoms with Gasteiger partial charge in [-0.05, 0) is 44.5 Å². The van der Waals surface area contributed by atoms with E-state index in [1.165, 1.54) is 16.8 Å². The van der Waals surface area contributed by atoms with E-state index in [0.717, 1.165) is 6.42 Å². The predicted octanol–water partition coefficient (Wildman–Crippen LogP) is 1.94. The zero-order valence-electron chi connectivity index (χ0n) is 9.09. The second-order valence-electron chi connectivity index (χ2n) is 4.13. The first kappa shape index (κ1) is 9.53. The molecule has 2 atom stereocenters. The maximum Gasteiger partial charge on any atom is 0.0453 e. The van der Waals surface area contributed by atoms with Gasteiger partial charge in [0, 0.05) is 17.8 Å². The average molecular weight is 190 g/mol. The maximum atomic E-state index is 3.56. The lowest BCUT2D eigenvalue weighted by Crippen LogP contribution is -2.38. The molecule has 0 saturated carbocycles. The van der Waals surface area contributed by atoms with Crippen LogP contribution in [0.5, 0.6) is 0 Å². The molecule has 2 heteroatoms. The number of rotatable bonds is 2. The molecule has 2 rings (SSSR count). The molecule has 0 aromatic heterocycles. The summed E-state index contributed by atoms with van der Waals surface area (Å²) in [5, 5.41) is 6.86. The van der Waals surface area contributed by atoms with Crippen LogP contribution in [0.2, 0.25) is 0 Å². The molecule has 0 amide bonds. The van der Waals surface area contributed by atoms with Crippen LogP contribution in [-0.4, -0.2) is 19.1 Å². The van der Waals surface area contributed by atoms with Gasteiger partial charge < -0.3 is 10.6 Å². The van der Waals surface area contributed by atoms with Gasteiger partial charge in [-0.1, -0.05) is 12.1 Å². The fourth-order valence-corrected chi connectivity index (χ4v) is 2.08. The molecule has 1 aliphatic rings. The monoisotopic (exact) mass is 190 g/mol. The van der Waals surface area contributed by atoms with Crippen molar-refractivity contribution in [3.05, 3.63) is 29.3 Å². The molecule has 0 aliphatic carbocycles. The first-order chi connectivity index (χ1) is 6.72. The van der Waals surface area contributed by atoms with Gasteiger partial charge in [-0.15, -0.1) is 0 Å². The molecule has 2 nitrogen and oxygen atoms in total. The highest BCUT2D eigenvalue weighted by Crippen LogP contribution is 2.29. The van der Waals surface area contributed by atoms with E-state index in [1.54, 1.807) is 0 Å². The quantitative estimate of drug-likeness (QED) is 0.744. The molecular formula is C12H18N2. The fraction of sp³-hybridized carbons (Fsp3) is 0.500. The van der Waals surface area contributed by atoms with Crippen molar-refractivity contribution in [3.8, 4) is 0 Å². The summed E-state index contributed by atoms with van der Waals surface area (Å²) in [6.45, 7) is 4.41. The van der Waals surface area contributed by atoms with Crippen LogP contribution in [0.4, 0.5) is 5.69 Å². The topological polar surface area (TPSA) is 24.1 Å². The minimum atomic E-state index is 0.516. The number of aryl methyl sites for hydroxylation is 1. The maximum absolute atomic E-state index is 3.56. The van der Waals surface area contributed by atoms with Gasteiger partial charge in [0.15, 0.2) is 0 Å². The van der Waals surface area contributed by atoms with Crippen LogP contribution >= 0.6 is 0 Å². The number of benzene rings is 1. The van der Waals surface area contributed by atoms with Gasteiger partial charge in [0.25, 0.3) is 0 Å². The van der Waals surface area contributed by atoms with E-state index in [1.807, 2.05) is 7.05 Å². The molecule has 0 fully saturated rings. The Bertz CT molecular complexity index is 333. The van der Waals surface area contributed by atoms with E-state index in [-0.39, 0.29) is 0 Å². The van der Waals surface area contributed by atoms with E-state index in [0.29, 0.717) is 12.1 Å². The summed E-state index contributed by atoms with van der Waals surface area (Å²) in [6, 6.07) is 7.53. The third kappa shape index (κ3) is 1.50. The minimum Gasteiger partial charge on any atom is -0.380 e. The van der Waals surface area contributed by atoms with Crippen LogP contribution < -0.4 is 10.6 Å². The summed E-state index contributed by atoms with van der Waals surface area (Å²) in [5.74, 6) is 0. The molecule has 76 valence electrons. The minimum absolute atomic E-state index is 0.516. The van der Waals surface area contributed by atoms with Crippen molar-refractivity contribution >= 4 is 5.69 Å². The lowest BCUT2D eigenvalue weighted by molar-refractivity contribution is 0.526. The first-order valence-electron chi connectivity index (χ1n) is 5.24. The number of likely N-dealkylation sites (N-methyl/N-ethyl adjacent to an activating group) is 1. The fourth-order valence-electron chi connectivity index (χ4n) is 2.08. The van der Waals surface area contributed by atoms with Crippen LogP contribution in [-0.2, 0) is 6.42 Å².